The van der Waals surface area contributed by atoms with Crippen LogP contribution in [-0.4, -0.2) is 43.6 Å². The molecule has 2 amide bonds. The van der Waals surface area contributed by atoms with E-state index in [2.05, 4.69) is 20.4 Å². The fraction of sp³-hybridized carbons (Fsp3) is 0.308. The summed E-state index contributed by atoms with van der Waals surface area (Å²) < 4.78 is 5.65. The Balaban J connectivity index is 1.81. The Kier molecular flexibility index (Phi) is 5.03. The van der Waals surface area contributed by atoms with Gasteiger partial charge in [-0.2, -0.15) is 0 Å². The van der Waals surface area contributed by atoms with Gasteiger partial charge in [0.1, 0.15) is 6.61 Å². The first-order chi connectivity index (χ1) is 9.70. The number of thiazole rings is 1. The molecule has 7 heteroatoms. The number of nitrogens with one attached hydrogen (secondary N) is 2. The minimum atomic E-state index is -0.229. The molecule has 0 atom stereocenters. The number of carbonyl (C=O) groups excluding carboxylic acids is 2. The van der Waals surface area contributed by atoms with Crippen LogP contribution in [0.2, 0.25) is 0 Å². The third-order valence-electron chi connectivity index (χ3n) is 2.50. The van der Waals surface area contributed by atoms with Gasteiger partial charge in [-0.25, -0.2) is 4.98 Å². The lowest BCUT2D eigenvalue weighted by molar-refractivity contribution is -0.124. The van der Waals surface area contributed by atoms with Gasteiger partial charge in [-0.05, 0) is 12.1 Å². The number of hydrogen-bond acceptors (Lipinski definition) is 5. The van der Waals surface area contributed by atoms with Gasteiger partial charge in [-0.1, -0.05) is 12.1 Å². The predicted molar refractivity (Wildman–Crippen MR) is 76.8 cm³/mol. The minimum absolute atomic E-state index is 0.0197. The first kappa shape index (κ1) is 14.4. The number of rotatable bonds is 6. The Bertz CT molecular complexity index is 579. The van der Waals surface area contributed by atoms with E-state index in [1.807, 2.05) is 24.3 Å². The van der Waals surface area contributed by atoms with Gasteiger partial charge in [0.2, 0.25) is 5.91 Å². The van der Waals surface area contributed by atoms with Crippen molar-refractivity contribution in [2.45, 2.75) is 0 Å². The summed E-state index contributed by atoms with van der Waals surface area (Å²) in [5.41, 5.74) is 0.816. The van der Waals surface area contributed by atoms with Crippen molar-refractivity contribution in [2.24, 2.45) is 0 Å². The number of nitrogens with zero attached hydrogens (tertiary/aromatic N) is 1. The van der Waals surface area contributed by atoms with Gasteiger partial charge in [-0.15, -0.1) is 11.3 Å². The Morgan fingerprint density at radius 1 is 1.25 bits per heavy atom. The molecular weight excluding hydrogens is 278 g/mol. The van der Waals surface area contributed by atoms with Crippen LogP contribution in [0, 0.1) is 0 Å². The molecule has 1 aromatic carbocycles. The minimum Gasteiger partial charge on any atom is -0.375 e. The van der Waals surface area contributed by atoms with Crippen molar-refractivity contribution in [2.75, 3.05) is 26.8 Å². The number of methoxy groups -OCH3 is 1. The molecule has 0 fully saturated rings. The van der Waals surface area contributed by atoms with E-state index in [0.29, 0.717) is 18.1 Å². The van der Waals surface area contributed by atoms with Crippen molar-refractivity contribution >= 4 is 33.4 Å². The Morgan fingerprint density at radius 2 is 2.00 bits per heavy atom. The van der Waals surface area contributed by atoms with E-state index in [9.17, 15) is 9.59 Å². The van der Waals surface area contributed by atoms with Crippen LogP contribution in [0.1, 0.15) is 9.80 Å². The van der Waals surface area contributed by atoms with Crippen molar-refractivity contribution in [1.29, 1.82) is 0 Å². The first-order valence-corrected chi connectivity index (χ1v) is 6.92. The second kappa shape index (κ2) is 6.97. The van der Waals surface area contributed by atoms with Crippen LogP contribution in [0.15, 0.2) is 24.3 Å². The summed E-state index contributed by atoms with van der Waals surface area (Å²) in [5, 5.41) is 5.76. The van der Waals surface area contributed by atoms with Crippen LogP contribution >= 0.6 is 11.3 Å². The number of carbonyl (C=O) groups is 2. The molecule has 0 aliphatic carbocycles. The Morgan fingerprint density at radius 3 is 2.75 bits per heavy atom. The number of benzene rings is 1. The molecule has 0 unspecified atom stereocenters. The summed E-state index contributed by atoms with van der Waals surface area (Å²) in [4.78, 5) is 27.3. The largest absolute Gasteiger partial charge is 0.375 e. The molecule has 2 aromatic rings. The van der Waals surface area contributed by atoms with Gasteiger partial charge < -0.3 is 15.4 Å². The van der Waals surface area contributed by atoms with Gasteiger partial charge in [0.25, 0.3) is 5.91 Å². The van der Waals surface area contributed by atoms with Crippen molar-refractivity contribution in [1.82, 2.24) is 15.6 Å². The standard InChI is InChI=1S/C13H15N3O3S/c1-19-8-11(17)14-6-7-15-12(18)13-16-9-4-2-3-5-10(9)20-13/h2-5H,6-8H2,1H3,(H,14,17)(H,15,18). The van der Waals surface area contributed by atoms with Crippen LogP contribution in [0.5, 0.6) is 0 Å². The van der Waals surface area contributed by atoms with E-state index in [4.69, 9.17) is 0 Å². The third-order valence-corrected chi connectivity index (χ3v) is 3.53. The molecule has 2 N–H and O–H groups in total. The maximum atomic E-state index is 11.9. The fourth-order valence-electron chi connectivity index (χ4n) is 1.61. The molecule has 0 radical (unpaired) electrons. The van der Waals surface area contributed by atoms with Crippen LogP contribution in [-0.2, 0) is 9.53 Å². The highest BCUT2D eigenvalue weighted by molar-refractivity contribution is 7.20. The average Bonchev–Trinajstić information content (AvgIpc) is 2.87. The van der Waals surface area contributed by atoms with E-state index >= 15 is 0 Å². The van der Waals surface area contributed by atoms with Crippen LogP contribution in [0.4, 0.5) is 0 Å². The molecular formula is C13H15N3O3S. The Hall–Kier alpha value is -1.99. The lowest BCUT2D eigenvalue weighted by atomic mass is 10.3. The quantitative estimate of drug-likeness (QED) is 0.772. The zero-order valence-electron chi connectivity index (χ0n) is 11.0. The lowest BCUT2D eigenvalue weighted by Gasteiger charge is -2.05. The van der Waals surface area contributed by atoms with E-state index in [1.165, 1.54) is 18.4 Å². The van der Waals surface area contributed by atoms with E-state index in [-0.39, 0.29) is 18.4 Å². The molecule has 2 rings (SSSR count). The zero-order valence-corrected chi connectivity index (χ0v) is 11.8. The molecule has 106 valence electrons. The van der Waals surface area contributed by atoms with Crippen molar-refractivity contribution in [3.8, 4) is 0 Å². The van der Waals surface area contributed by atoms with Gasteiger partial charge in [0, 0.05) is 20.2 Å². The number of aromatic nitrogens is 1. The molecule has 0 saturated heterocycles. The smallest absolute Gasteiger partial charge is 0.280 e. The van der Waals surface area contributed by atoms with Crippen LogP contribution in [0.25, 0.3) is 10.2 Å². The summed E-state index contributed by atoms with van der Waals surface area (Å²) in [6.45, 7) is 0.731. The van der Waals surface area contributed by atoms with E-state index in [1.54, 1.807) is 0 Å². The van der Waals surface area contributed by atoms with Gasteiger partial charge in [0.05, 0.1) is 10.2 Å². The van der Waals surface area contributed by atoms with Crippen molar-refractivity contribution < 1.29 is 14.3 Å². The summed E-state index contributed by atoms with van der Waals surface area (Å²) in [7, 11) is 1.45. The number of para-hydroxylation sites is 1. The number of amides is 2. The molecule has 0 saturated carbocycles. The predicted octanol–water partition coefficient (Wildman–Crippen LogP) is 0.789. The molecule has 1 aromatic heterocycles. The second-order valence-corrected chi connectivity index (χ2v) is 5.06. The maximum absolute atomic E-state index is 11.9. The molecule has 0 aliphatic rings. The molecule has 6 nitrogen and oxygen atoms in total. The fourth-order valence-corrected chi connectivity index (χ4v) is 2.49. The second-order valence-electron chi connectivity index (χ2n) is 4.03. The van der Waals surface area contributed by atoms with Gasteiger partial charge >= 0.3 is 0 Å². The highest BCUT2D eigenvalue weighted by atomic mass is 32.1. The third kappa shape index (κ3) is 3.75. The van der Waals surface area contributed by atoms with E-state index in [0.717, 1.165) is 10.2 Å². The molecule has 0 spiro atoms. The molecule has 0 aliphatic heterocycles. The first-order valence-electron chi connectivity index (χ1n) is 6.10. The SMILES string of the molecule is COCC(=O)NCCNC(=O)c1nc2ccccc2s1. The number of hydrogen-bond donors (Lipinski definition) is 2. The van der Waals surface area contributed by atoms with Crippen LogP contribution in [0.3, 0.4) is 0 Å². The topological polar surface area (TPSA) is 80.3 Å². The number of fused-ring (bicyclic) bond motifs is 1. The van der Waals surface area contributed by atoms with E-state index < -0.39 is 0 Å². The van der Waals surface area contributed by atoms with Crippen LogP contribution < -0.4 is 10.6 Å². The average molecular weight is 293 g/mol. The molecule has 1 heterocycles. The summed E-state index contributed by atoms with van der Waals surface area (Å²) in [6, 6.07) is 7.59. The van der Waals surface area contributed by atoms with Crippen molar-refractivity contribution in [3.63, 3.8) is 0 Å². The molecule has 0 bridgehead atoms. The Labute approximate surface area is 120 Å². The molecule has 20 heavy (non-hydrogen) atoms. The van der Waals surface area contributed by atoms with Gasteiger partial charge in [-0.3, -0.25) is 9.59 Å². The summed E-state index contributed by atoms with van der Waals surface area (Å²) in [5.74, 6) is -0.436. The highest BCUT2D eigenvalue weighted by Crippen LogP contribution is 2.21. The normalized spacial score (nSPS) is 10.4. The summed E-state index contributed by atoms with van der Waals surface area (Å²) in [6.07, 6.45) is 0. The summed E-state index contributed by atoms with van der Waals surface area (Å²) >= 11 is 1.35. The maximum Gasteiger partial charge on any atom is 0.280 e. The monoisotopic (exact) mass is 293 g/mol. The van der Waals surface area contributed by atoms with Gasteiger partial charge in [0.15, 0.2) is 5.01 Å². The van der Waals surface area contributed by atoms with Crippen molar-refractivity contribution in [3.05, 3.63) is 29.3 Å². The lowest BCUT2D eigenvalue weighted by Crippen LogP contribution is -2.36. The zero-order chi connectivity index (χ0) is 14.4. The highest BCUT2D eigenvalue weighted by Gasteiger charge is 2.11. The number of ether oxygens (including phenoxy) is 1.